The Labute approximate surface area is 125 Å². The number of rotatable bonds is 6. The average molecular weight is 294 g/mol. The van der Waals surface area contributed by atoms with Crippen LogP contribution >= 0.6 is 0 Å². The fourth-order valence-corrected chi connectivity index (χ4v) is 1.64. The first-order valence-corrected chi connectivity index (χ1v) is 6.76. The van der Waals surface area contributed by atoms with Gasteiger partial charge in [-0.3, -0.25) is 9.59 Å². The van der Waals surface area contributed by atoms with Gasteiger partial charge in [-0.1, -0.05) is 0 Å². The molecule has 1 aromatic carbocycles. The Morgan fingerprint density at radius 2 is 1.81 bits per heavy atom. The van der Waals surface area contributed by atoms with Gasteiger partial charge in [0.2, 0.25) is 0 Å². The Morgan fingerprint density at radius 3 is 2.33 bits per heavy atom. The second-order valence-electron chi connectivity index (χ2n) is 5.61. The molecule has 0 heterocycles. The summed E-state index contributed by atoms with van der Waals surface area (Å²) in [6, 6.07) is 4.93. The summed E-state index contributed by atoms with van der Waals surface area (Å²) in [5, 5.41) is 0. The first-order valence-electron chi connectivity index (χ1n) is 6.76. The van der Waals surface area contributed by atoms with Crippen molar-refractivity contribution in [2.45, 2.75) is 39.7 Å². The first kappa shape index (κ1) is 17.0. The van der Waals surface area contributed by atoms with Crippen molar-refractivity contribution in [3.05, 3.63) is 23.8 Å². The van der Waals surface area contributed by atoms with E-state index in [0.29, 0.717) is 17.1 Å². The summed E-state index contributed by atoms with van der Waals surface area (Å²) in [6.07, 6.45) is 0.148. The second kappa shape index (κ2) is 7.11. The molecule has 0 aromatic heterocycles. The number of carbonyl (C=O) groups is 2. The van der Waals surface area contributed by atoms with Crippen molar-refractivity contribution in [1.82, 2.24) is 0 Å². The van der Waals surface area contributed by atoms with Crippen LogP contribution in [0.25, 0.3) is 0 Å². The molecule has 0 spiro atoms. The van der Waals surface area contributed by atoms with Crippen LogP contribution in [0, 0.1) is 0 Å². The van der Waals surface area contributed by atoms with Crippen LogP contribution < -0.4 is 9.47 Å². The molecule has 21 heavy (non-hydrogen) atoms. The molecule has 0 amide bonds. The summed E-state index contributed by atoms with van der Waals surface area (Å²) in [4.78, 5) is 22.9. The number of ether oxygens (including phenoxy) is 3. The van der Waals surface area contributed by atoms with E-state index in [9.17, 15) is 9.59 Å². The summed E-state index contributed by atoms with van der Waals surface area (Å²) >= 11 is 0. The Bertz CT molecular complexity index is 514. The molecule has 0 aliphatic heterocycles. The molecule has 1 rings (SSSR count). The standard InChI is InChI=1S/C16H22O5/c1-11(17)12-6-7-13(14(10-12)19-5)20-9-8-15(18)21-16(2,3)4/h6-7,10H,8-9H2,1-5H3. The van der Waals surface area contributed by atoms with Crippen LogP contribution in [-0.2, 0) is 9.53 Å². The highest BCUT2D eigenvalue weighted by Crippen LogP contribution is 2.28. The highest BCUT2D eigenvalue weighted by molar-refractivity contribution is 5.94. The highest BCUT2D eigenvalue weighted by Gasteiger charge is 2.16. The van der Waals surface area contributed by atoms with E-state index in [2.05, 4.69) is 0 Å². The number of carbonyl (C=O) groups excluding carboxylic acids is 2. The molecule has 0 bridgehead atoms. The van der Waals surface area contributed by atoms with Gasteiger partial charge in [-0.05, 0) is 45.9 Å². The first-order chi connectivity index (χ1) is 9.73. The summed E-state index contributed by atoms with van der Waals surface area (Å²) in [5.74, 6) is 0.591. The van der Waals surface area contributed by atoms with Crippen molar-refractivity contribution in [3.8, 4) is 11.5 Å². The van der Waals surface area contributed by atoms with E-state index in [0.717, 1.165) is 0 Å². The molecule has 0 aliphatic rings. The summed E-state index contributed by atoms with van der Waals surface area (Å²) in [6.45, 7) is 7.11. The van der Waals surface area contributed by atoms with E-state index in [1.165, 1.54) is 14.0 Å². The Hall–Kier alpha value is -2.04. The van der Waals surface area contributed by atoms with E-state index in [4.69, 9.17) is 14.2 Å². The van der Waals surface area contributed by atoms with Gasteiger partial charge in [-0.15, -0.1) is 0 Å². The summed E-state index contributed by atoms with van der Waals surface area (Å²) < 4.78 is 15.9. The van der Waals surface area contributed by atoms with Crippen molar-refractivity contribution in [3.63, 3.8) is 0 Å². The van der Waals surface area contributed by atoms with Gasteiger partial charge in [0.05, 0.1) is 20.1 Å². The molecule has 5 nitrogen and oxygen atoms in total. The van der Waals surface area contributed by atoms with Crippen molar-refractivity contribution in [2.75, 3.05) is 13.7 Å². The maximum atomic E-state index is 11.6. The lowest BCUT2D eigenvalue weighted by Crippen LogP contribution is -2.24. The Kier molecular flexibility index (Phi) is 5.76. The highest BCUT2D eigenvalue weighted by atomic mass is 16.6. The number of methoxy groups -OCH3 is 1. The number of ketones is 1. The van der Waals surface area contributed by atoms with Crippen LogP contribution in [0.5, 0.6) is 11.5 Å². The molecule has 0 N–H and O–H groups in total. The van der Waals surface area contributed by atoms with E-state index < -0.39 is 5.60 Å². The lowest BCUT2D eigenvalue weighted by molar-refractivity contribution is -0.155. The predicted octanol–water partition coefficient (Wildman–Crippen LogP) is 3.01. The topological polar surface area (TPSA) is 61.8 Å². The van der Waals surface area contributed by atoms with E-state index in [1.54, 1.807) is 18.2 Å². The number of Topliss-reactive ketones (excluding diaryl/α,β-unsaturated/α-hetero) is 1. The predicted molar refractivity (Wildman–Crippen MR) is 79.0 cm³/mol. The molecule has 0 aliphatic carbocycles. The lowest BCUT2D eigenvalue weighted by Gasteiger charge is -2.19. The molecular weight excluding hydrogens is 272 g/mol. The van der Waals surface area contributed by atoms with Gasteiger partial charge in [-0.25, -0.2) is 0 Å². The largest absolute Gasteiger partial charge is 0.493 e. The molecular formula is C16H22O5. The minimum Gasteiger partial charge on any atom is -0.493 e. The van der Waals surface area contributed by atoms with Gasteiger partial charge in [0, 0.05) is 5.56 Å². The smallest absolute Gasteiger partial charge is 0.309 e. The zero-order chi connectivity index (χ0) is 16.0. The van der Waals surface area contributed by atoms with E-state index in [1.807, 2.05) is 20.8 Å². The number of hydrogen-bond acceptors (Lipinski definition) is 5. The van der Waals surface area contributed by atoms with Crippen LogP contribution in [0.4, 0.5) is 0 Å². The molecule has 0 fully saturated rings. The van der Waals surface area contributed by atoms with Crippen molar-refractivity contribution < 1.29 is 23.8 Å². The van der Waals surface area contributed by atoms with Crippen LogP contribution in [0.3, 0.4) is 0 Å². The van der Waals surface area contributed by atoms with E-state index in [-0.39, 0.29) is 24.8 Å². The zero-order valence-electron chi connectivity index (χ0n) is 13.2. The maximum absolute atomic E-state index is 11.6. The maximum Gasteiger partial charge on any atom is 0.309 e. The minimum atomic E-state index is -0.502. The van der Waals surface area contributed by atoms with Crippen LogP contribution in [0.2, 0.25) is 0 Å². The summed E-state index contributed by atoms with van der Waals surface area (Å²) in [5.41, 5.74) is 0.0455. The lowest BCUT2D eigenvalue weighted by atomic mass is 10.1. The normalized spacial score (nSPS) is 10.9. The molecule has 0 radical (unpaired) electrons. The molecule has 0 saturated heterocycles. The van der Waals surface area contributed by atoms with Gasteiger partial charge in [0.1, 0.15) is 5.60 Å². The van der Waals surface area contributed by atoms with Crippen molar-refractivity contribution >= 4 is 11.8 Å². The van der Waals surface area contributed by atoms with Crippen molar-refractivity contribution in [2.24, 2.45) is 0 Å². The fourth-order valence-electron chi connectivity index (χ4n) is 1.64. The second-order valence-corrected chi connectivity index (χ2v) is 5.61. The molecule has 5 heteroatoms. The minimum absolute atomic E-state index is 0.0476. The number of esters is 1. The molecule has 1 aromatic rings. The molecule has 0 saturated carbocycles. The number of benzene rings is 1. The van der Waals surface area contributed by atoms with Crippen molar-refractivity contribution in [1.29, 1.82) is 0 Å². The van der Waals surface area contributed by atoms with E-state index >= 15 is 0 Å². The molecule has 116 valence electrons. The van der Waals surface area contributed by atoms with Crippen LogP contribution in [0.1, 0.15) is 44.5 Å². The van der Waals surface area contributed by atoms with Gasteiger partial charge >= 0.3 is 5.97 Å². The Morgan fingerprint density at radius 1 is 1.14 bits per heavy atom. The van der Waals surface area contributed by atoms with Crippen LogP contribution in [-0.4, -0.2) is 31.1 Å². The number of hydrogen-bond donors (Lipinski definition) is 0. The quantitative estimate of drug-likeness (QED) is 0.596. The third-order valence-electron chi connectivity index (χ3n) is 2.55. The third kappa shape index (κ3) is 5.85. The zero-order valence-corrected chi connectivity index (χ0v) is 13.2. The average Bonchev–Trinajstić information content (AvgIpc) is 2.36. The molecule has 0 unspecified atom stereocenters. The molecule has 0 atom stereocenters. The Balaban J connectivity index is 2.60. The SMILES string of the molecule is COc1cc(C(C)=O)ccc1OCCC(=O)OC(C)(C)C. The monoisotopic (exact) mass is 294 g/mol. The fraction of sp³-hybridized carbons (Fsp3) is 0.500. The van der Waals surface area contributed by atoms with Gasteiger partial charge in [0.15, 0.2) is 17.3 Å². The van der Waals surface area contributed by atoms with Gasteiger partial charge < -0.3 is 14.2 Å². The van der Waals surface area contributed by atoms with Crippen LogP contribution in [0.15, 0.2) is 18.2 Å². The summed E-state index contributed by atoms with van der Waals surface area (Å²) in [7, 11) is 1.50. The van der Waals surface area contributed by atoms with Gasteiger partial charge in [0.25, 0.3) is 0 Å². The third-order valence-corrected chi connectivity index (χ3v) is 2.55. The van der Waals surface area contributed by atoms with Gasteiger partial charge in [-0.2, -0.15) is 0 Å².